The normalized spacial score (nSPS) is 13.2. The monoisotopic (exact) mass is 355 g/mol. The smallest absolute Gasteiger partial charge is 0.208 e. The van der Waals surface area contributed by atoms with E-state index in [1.807, 2.05) is 12.1 Å². The number of nitrogens with one attached hydrogen (secondary N) is 1. The molecular formula is C18H17N3OS2. The molecule has 0 saturated heterocycles. The van der Waals surface area contributed by atoms with E-state index in [1.165, 1.54) is 34.2 Å². The molecule has 0 atom stereocenters. The van der Waals surface area contributed by atoms with Crippen molar-refractivity contribution in [3.05, 3.63) is 63.1 Å². The van der Waals surface area contributed by atoms with Gasteiger partial charge in [0, 0.05) is 16.9 Å². The van der Waals surface area contributed by atoms with E-state index in [9.17, 15) is 4.79 Å². The average molecular weight is 355 g/mol. The molecule has 4 nitrogen and oxygen atoms in total. The van der Waals surface area contributed by atoms with Crippen molar-refractivity contribution in [1.82, 2.24) is 15.2 Å². The van der Waals surface area contributed by atoms with Crippen molar-refractivity contribution in [2.45, 2.75) is 30.8 Å². The first-order chi connectivity index (χ1) is 11.8. The summed E-state index contributed by atoms with van der Waals surface area (Å²) in [6, 6.07) is 10.2. The van der Waals surface area contributed by atoms with Gasteiger partial charge in [-0.15, -0.1) is 16.4 Å². The van der Waals surface area contributed by atoms with Crippen LogP contribution in [0.5, 0.6) is 0 Å². The van der Waals surface area contributed by atoms with Gasteiger partial charge in [-0.1, -0.05) is 30.0 Å². The van der Waals surface area contributed by atoms with Crippen LogP contribution in [0, 0.1) is 0 Å². The number of carbonyl (C=O) groups is 1. The molecule has 6 heteroatoms. The van der Waals surface area contributed by atoms with E-state index in [1.54, 1.807) is 11.3 Å². The van der Waals surface area contributed by atoms with E-state index >= 15 is 0 Å². The molecule has 1 aromatic carbocycles. The molecule has 0 radical (unpaired) electrons. The molecule has 0 aliphatic heterocycles. The summed E-state index contributed by atoms with van der Waals surface area (Å²) in [6.45, 7) is 0. The third kappa shape index (κ3) is 3.44. The number of benzene rings is 1. The molecule has 2 aromatic heterocycles. The van der Waals surface area contributed by atoms with Crippen molar-refractivity contribution in [3.63, 3.8) is 0 Å². The van der Waals surface area contributed by atoms with Gasteiger partial charge in [0.25, 0.3) is 0 Å². The molecule has 4 rings (SSSR count). The standard InChI is InChI=1S/C18H17N3OS2/c22-16(14-7-6-12-3-1-4-13(12)9-14)11-24-18-19-17(20-21-18)10-15-5-2-8-23-15/h2,5-9H,1,3-4,10-11H2,(H,19,20,21). The third-order valence-corrected chi connectivity index (χ3v) is 5.91. The Morgan fingerprint density at radius 2 is 2.17 bits per heavy atom. The van der Waals surface area contributed by atoms with Crippen LogP contribution in [0.1, 0.15) is 38.6 Å². The number of aryl methyl sites for hydroxylation is 2. The Hall–Kier alpha value is -1.92. The number of aromatic nitrogens is 3. The highest BCUT2D eigenvalue weighted by atomic mass is 32.2. The number of hydrogen-bond donors (Lipinski definition) is 1. The predicted octanol–water partition coefficient (Wildman–Crippen LogP) is 3.92. The highest BCUT2D eigenvalue weighted by molar-refractivity contribution is 7.99. The number of aromatic amines is 1. The maximum Gasteiger partial charge on any atom is 0.208 e. The summed E-state index contributed by atoms with van der Waals surface area (Å²) >= 11 is 3.09. The Labute approximate surface area is 148 Å². The number of H-pyrrole nitrogens is 1. The van der Waals surface area contributed by atoms with Gasteiger partial charge in [-0.2, -0.15) is 0 Å². The molecular weight excluding hydrogens is 338 g/mol. The zero-order chi connectivity index (χ0) is 16.4. The lowest BCUT2D eigenvalue weighted by Crippen LogP contribution is -2.03. The number of carbonyl (C=O) groups excluding carboxylic acids is 1. The number of thioether (sulfide) groups is 1. The second-order valence-electron chi connectivity index (χ2n) is 5.87. The summed E-state index contributed by atoms with van der Waals surface area (Å²) in [5, 5.41) is 9.84. The molecule has 2 heterocycles. The van der Waals surface area contributed by atoms with Crippen LogP contribution in [0.2, 0.25) is 0 Å². The van der Waals surface area contributed by atoms with E-state index in [2.05, 4.69) is 38.8 Å². The number of thiophene rings is 1. The van der Waals surface area contributed by atoms with E-state index in [0.717, 1.165) is 30.7 Å². The fraction of sp³-hybridized carbons (Fsp3) is 0.278. The number of Topliss-reactive ketones (excluding diaryl/α,β-unsaturated/α-hetero) is 1. The quantitative estimate of drug-likeness (QED) is 0.538. The van der Waals surface area contributed by atoms with Gasteiger partial charge >= 0.3 is 0 Å². The fourth-order valence-electron chi connectivity index (χ4n) is 2.96. The number of fused-ring (bicyclic) bond motifs is 1. The summed E-state index contributed by atoms with van der Waals surface area (Å²) in [5.41, 5.74) is 3.53. The lowest BCUT2D eigenvalue weighted by molar-refractivity contribution is 0.102. The second-order valence-corrected chi connectivity index (χ2v) is 7.84. The highest BCUT2D eigenvalue weighted by Gasteiger charge is 2.15. The van der Waals surface area contributed by atoms with Gasteiger partial charge < -0.3 is 0 Å². The number of hydrogen-bond acceptors (Lipinski definition) is 5. The Balaban J connectivity index is 1.36. The Morgan fingerprint density at radius 1 is 1.25 bits per heavy atom. The molecule has 0 fully saturated rings. The number of rotatable bonds is 6. The van der Waals surface area contributed by atoms with Crippen LogP contribution in [-0.2, 0) is 19.3 Å². The van der Waals surface area contributed by atoms with E-state index in [-0.39, 0.29) is 5.78 Å². The van der Waals surface area contributed by atoms with Crippen LogP contribution in [0.25, 0.3) is 0 Å². The van der Waals surface area contributed by atoms with Crippen molar-refractivity contribution in [2.75, 3.05) is 5.75 Å². The predicted molar refractivity (Wildman–Crippen MR) is 97.0 cm³/mol. The van der Waals surface area contributed by atoms with Gasteiger partial charge in [0.1, 0.15) is 5.82 Å². The second kappa shape index (κ2) is 6.91. The molecule has 0 amide bonds. The van der Waals surface area contributed by atoms with Crippen LogP contribution < -0.4 is 0 Å². The van der Waals surface area contributed by atoms with Crippen molar-refractivity contribution in [2.24, 2.45) is 0 Å². The van der Waals surface area contributed by atoms with E-state index in [0.29, 0.717) is 10.9 Å². The topological polar surface area (TPSA) is 58.6 Å². The molecule has 1 aliphatic rings. The van der Waals surface area contributed by atoms with Crippen molar-refractivity contribution < 1.29 is 4.79 Å². The Morgan fingerprint density at radius 3 is 3.04 bits per heavy atom. The lowest BCUT2D eigenvalue weighted by Gasteiger charge is -2.03. The molecule has 0 spiro atoms. The van der Waals surface area contributed by atoms with E-state index in [4.69, 9.17) is 0 Å². The first-order valence-electron chi connectivity index (χ1n) is 7.99. The average Bonchev–Trinajstić information content (AvgIpc) is 3.34. The van der Waals surface area contributed by atoms with Crippen LogP contribution in [0.4, 0.5) is 0 Å². The lowest BCUT2D eigenvalue weighted by atomic mass is 10.0. The van der Waals surface area contributed by atoms with Crippen molar-refractivity contribution in [3.8, 4) is 0 Å². The molecule has 0 bridgehead atoms. The zero-order valence-corrected chi connectivity index (χ0v) is 14.8. The number of nitrogens with zero attached hydrogens (tertiary/aromatic N) is 2. The van der Waals surface area contributed by atoms with Crippen LogP contribution in [0.15, 0.2) is 40.9 Å². The van der Waals surface area contributed by atoms with Crippen LogP contribution in [0.3, 0.4) is 0 Å². The van der Waals surface area contributed by atoms with Gasteiger partial charge in [-0.05, 0) is 47.9 Å². The third-order valence-electron chi connectivity index (χ3n) is 4.19. The summed E-state index contributed by atoms with van der Waals surface area (Å²) < 4.78 is 0. The first kappa shape index (κ1) is 15.6. The molecule has 1 aliphatic carbocycles. The number of ketones is 1. The summed E-state index contributed by atoms with van der Waals surface area (Å²) in [5.74, 6) is 1.35. The van der Waals surface area contributed by atoms with Crippen molar-refractivity contribution in [1.29, 1.82) is 0 Å². The van der Waals surface area contributed by atoms with Gasteiger partial charge in [0.05, 0.1) is 5.75 Å². The molecule has 0 saturated carbocycles. The van der Waals surface area contributed by atoms with Crippen molar-refractivity contribution >= 4 is 28.9 Å². The minimum absolute atomic E-state index is 0.138. The summed E-state index contributed by atoms with van der Waals surface area (Å²) in [4.78, 5) is 18.1. The van der Waals surface area contributed by atoms with Crippen LogP contribution >= 0.6 is 23.1 Å². The van der Waals surface area contributed by atoms with Gasteiger partial charge in [-0.25, -0.2) is 4.98 Å². The molecule has 24 heavy (non-hydrogen) atoms. The first-order valence-corrected chi connectivity index (χ1v) is 9.86. The minimum Gasteiger partial charge on any atom is -0.293 e. The molecule has 3 aromatic rings. The highest BCUT2D eigenvalue weighted by Crippen LogP contribution is 2.24. The van der Waals surface area contributed by atoms with E-state index < -0.39 is 0 Å². The molecule has 0 unspecified atom stereocenters. The fourth-order valence-corrected chi connectivity index (χ4v) is 4.38. The van der Waals surface area contributed by atoms with Gasteiger partial charge in [0.2, 0.25) is 5.16 Å². The largest absolute Gasteiger partial charge is 0.293 e. The molecule has 1 N–H and O–H groups in total. The summed E-state index contributed by atoms with van der Waals surface area (Å²) in [6.07, 6.45) is 4.19. The Bertz CT molecular complexity index is 855. The molecule has 122 valence electrons. The van der Waals surface area contributed by atoms with Crippen LogP contribution in [-0.4, -0.2) is 26.7 Å². The maximum atomic E-state index is 12.4. The SMILES string of the molecule is O=C(CSc1n[nH]c(Cc2cccs2)n1)c1ccc2c(c1)CCC2. The minimum atomic E-state index is 0.138. The van der Waals surface area contributed by atoms with Gasteiger partial charge in [0.15, 0.2) is 5.78 Å². The van der Waals surface area contributed by atoms with Gasteiger partial charge in [-0.3, -0.25) is 9.89 Å². The zero-order valence-electron chi connectivity index (χ0n) is 13.1. The Kier molecular flexibility index (Phi) is 4.49. The summed E-state index contributed by atoms with van der Waals surface area (Å²) in [7, 11) is 0. The maximum absolute atomic E-state index is 12.4.